The first kappa shape index (κ1) is 20.4. The van der Waals surface area contributed by atoms with E-state index in [9.17, 15) is 19.5 Å². The van der Waals surface area contributed by atoms with Gasteiger partial charge in [0.15, 0.2) is 0 Å². The number of allylic oxidation sites excluding steroid dienone is 3. The van der Waals surface area contributed by atoms with Gasteiger partial charge < -0.3 is 15.3 Å². The quantitative estimate of drug-likeness (QED) is 0.758. The Morgan fingerprint density at radius 1 is 1.13 bits per heavy atom. The summed E-state index contributed by atoms with van der Waals surface area (Å²) < 4.78 is 0. The average molecular weight is 408 g/mol. The maximum Gasteiger partial charge on any atom is 0.327 e. The van der Waals surface area contributed by atoms with Crippen molar-refractivity contribution in [3.8, 4) is 0 Å². The molecule has 1 aliphatic heterocycles. The van der Waals surface area contributed by atoms with E-state index >= 15 is 0 Å². The number of likely N-dealkylation sites (tertiary alicyclic amines) is 1. The molecule has 0 aromatic heterocycles. The van der Waals surface area contributed by atoms with E-state index in [1.165, 1.54) is 4.90 Å². The number of carboxylic acid groups (broad SMARTS) is 1. The van der Waals surface area contributed by atoms with Gasteiger partial charge in [-0.2, -0.15) is 0 Å². The van der Waals surface area contributed by atoms with Crippen LogP contribution in [0.2, 0.25) is 0 Å². The molecule has 3 atom stereocenters. The first-order valence-electron chi connectivity index (χ1n) is 10.8. The van der Waals surface area contributed by atoms with Crippen LogP contribution < -0.4 is 5.32 Å². The van der Waals surface area contributed by atoms with E-state index < -0.39 is 23.8 Å². The number of piperidine rings is 1. The summed E-state index contributed by atoms with van der Waals surface area (Å²) in [7, 11) is 0. The predicted octanol–water partition coefficient (Wildman–Crippen LogP) is 2.70. The Balaban J connectivity index is 1.58. The highest BCUT2D eigenvalue weighted by molar-refractivity contribution is 6.02. The number of rotatable bonds is 6. The van der Waals surface area contributed by atoms with Gasteiger partial charge in [-0.15, -0.1) is 0 Å². The zero-order chi connectivity index (χ0) is 21.1. The van der Waals surface area contributed by atoms with Crippen LogP contribution >= 0.6 is 0 Å². The number of hydrogen-bond donors (Lipinski definition) is 2. The summed E-state index contributed by atoms with van der Waals surface area (Å²) in [6.07, 6.45) is 10.3. The van der Waals surface area contributed by atoms with Crippen LogP contribution in [0.5, 0.6) is 0 Å². The van der Waals surface area contributed by atoms with Crippen molar-refractivity contribution < 1.29 is 19.5 Å². The lowest BCUT2D eigenvalue weighted by molar-refractivity contribution is -0.161. The summed E-state index contributed by atoms with van der Waals surface area (Å²) in [6.45, 7) is 0.435. The third-order valence-corrected chi connectivity index (χ3v) is 6.59. The molecule has 2 N–H and O–H groups in total. The Bertz CT molecular complexity index is 870. The molecule has 6 heteroatoms. The monoisotopic (exact) mass is 408 g/mol. The first-order valence-corrected chi connectivity index (χ1v) is 10.8. The van der Waals surface area contributed by atoms with E-state index in [1.54, 1.807) is 6.08 Å². The van der Waals surface area contributed by atoms with Crippen molar-refractivity contribution in [1.29, 1.82) is 0 Å². The number of fused-ring (bicyclic) bond motifs is 1. The fraction of sp³-hybridized carbons (Fsp3) is 0.458. The summed E-state index contributed by atoms with van der Waals surface area (Å²) in [4.78, 5) is 40.4. The molecule has 4 rings (SSSR count). The number of amides is 2. The normalized spacial score (nSPS) is 26.3. The first-order chi connectivity index (χ1) is 14.6. The molecule has 0 radical (unpaired) electrons. The lowest BCUT2D eigenvalue weighted by Gasteiger charge is -2.46. The highest BCUT2D eigenvalue weighted by Crippen LogP contribution is 2.41. The minimum absolute atomic E-state index is 0.106. The molecular weight excluding hydrogens is 380 g/mol. The van der Waals surface area contributed by atoms with Crippen molar-refractivity contribution in [2.45, 2.75) is 50.6 Å². The Morgan fingerprint density at radius 3 is 2.57 bits per heavy atom. The van der Waals surface area contributed by atoms with E-state index in [4.69, 9.17) is 0 Å². The smallest absolute Gasteiger partial charge is 0.327 e. The van der Waals surface area contributed by atoms with E-state index in [0.29, 0.717) is 25.0 Å². The highest BCUT2D eigenvalue weighted by Gasteiger charge is 2.53. The predicted molar refractivity (Wildman–Crippen MR) is 113 cm³/mol. The molecule has 1 saturated carbocycles. The van der Waals surface area contributed by atoms with Crippen LogP contribution in [0.25, 0.3) is 0 Å². The summed E-state index contributed by atoms with van der Waals surface area (Å²) in [5.41, 5.74) is 1.69. The lowest BCUT2D eigenvalue weighted by atomic mass is 9.71. The van der Waals surface area contributed by atoms with Crippen molar-refractivity contribution in [3.05, 3.63) is 59.7 Å². The number of nitrogens with one attached hydrogen (secondary N) is 1. The summed E-state index contributed by atoms with van der Waals surface area (Å²) in [5, 5.41) is 13.0. The Hall–Kier alpha value is -2.89. The molecule has 2 aliphatic carbocycles. The van der Waals surface area contributed by atoms with E-state index in [2.05, 4.69) is 5.32 Å². The molecule has 30 heavy (non-hydrogen) atoms. The van der Waals surface area contributed by atoms with Gasteiger partial charge in [0.2, 0.25) is 5.91 Å². The molecule has 158 valence electrons. The van der Waals surface area contributed by atoms with Gasteiger partial charge in [-0.1, -0.05) is 61.4 Å². The van der Waals surface area contributed by atoms with Crippen molar-refractivity contribution in [2.24, 2.45) is 11.8 Å². The van der Waals surface area contributed by atoms with Crippen molar-refractivity contribution in [1.82, 2.24) is 10.2 Å². The molecule has 1 saturated heterocycles. The molecule has 2 amide bonds. The minimum Gasteiger partial charge on any atom is -0.480 e. The van der Waals surface area contributed by atoms with Crippen molar-refractivity contribution in [2.75, 3.05) is 6.54 Å². The topological polar surface area (TPSA) is 86.7 Å². The zero-order valence-corrected chi connectivity index (χ0v) is 17.0. The standard InChI is InChI=1S/C24H28N2O4/c27-22(25-15-14-16-8-2-1-3-9-16)20-18-12-6-7-13-19(18)23(28)26(21(20)24(29)30)17-10-4-5-11-17/h1-3,6-9,13,17-18,20-21H,4-5,10-12,14-15H2,(H,25,27)(H,29,30)/t18?,20-,21?/m1/s1. The Labute approximate surface area is 176 Å². The summed E-state index contributed by atoms with van der Waals surface area (Å²) in [6, 6.07) is 8.63. The van der Waals surface area contributed by atoms with Crippen LogP contribution in [0.15, 0.2) is 54.1 Å². The largest absolute Gasteiger partial charge is 0.480 e. The Morgan fingerprint density at radius 2 is 1.87 bits per heavy atom. The molecule has 1 heterocycles. The van der Waals surface area contributed by atoms with Crippen LogP contribution in [0, 0.1) is 11.8 Å². The summed E-state index contributed by atoms with van der Waals surface area (Å²) >= 11 is 0. The van der Waals surface area contributed by atoms with Crippen LogP contribution in [0.4, 0.5) is 0 Å². The summed E-state index contributed by atoms with van der Waals surface area (Å²) in [5.74, 6) is -2.75. The molecule has 3 aliphatic rings. The average Bonchev–Trinajstić information content (AvgIpc) is 3.28. The Kier molecular flexibility index (Phi) is 6.02. The molecule has 1 aromatic rings. The van der Waals surface area contributed by atoms with Crippen molar-refractivity contribution >= 4 is 17.8 Å². The molecular formula is C24H28N2O4. The van der Waals surface area contributed by atoms with Crippen LogP contribution in [-0.4, -0.2) is 46.4 Å². The zero-order valence-electron chi connectivity index (χ0n) is 17.0. The second kappa shape index (κ2) is 8.86. The van der Waals surface area contributed by atoms with Crippen LogP contribution in [0.3, 0.4) is 0 Å². The van der Waals surface area contributed by atoms with Crippen LogP contribution in [0.1, 0.15) is 37.7 Å². The highest BCUT2D eigenvalue weighted by atomic mass is 16.4. The van der Waals surface area contributed by atoms with Gasteiger partial charge in [0, 0.05) is 24.1 Å². The molecule has 2 unspecified atom stereocenters. The van der Waals surface area contributed by atoms with Gasteiger partial charge in [0.1, 0.15) is 6.04 Å². The van der Waals surface area contributed by atoms with Gasteiger partial charge in [0.05, 0.1) is 5.92 Å². The molecule has 0 spiro atoms. The molecule has 6 nitrogen and oxygen atoms in total. The number of benzene rings is 1. The van der Waals surface area contributed by atoms with E-state index in [0.717, 1.165) is 31.2 Å². The fourth-order valence-corrected chi connectivity index (χ4v) is 5.15. The maximum absolute atomic E-state index is 13.3. The van der Waals surface area contributed by atoms with E-state index in [-0.39, 0.29) is 17.9 Å². The molecule has 2 fully saturated rings. The SMILES string of the molecule is O=C(O)C1[C@H](C(=O)NCCc2ccccc2)C2CC=CC=C2C(=O)N1C1CCCC1. The second-order valence-corrected chi connectivity index (χ2v) is 8.38. The maximum atomic E-state index is 13.3. The van der Waals surface area contributed by atoms with Gasteiger partial charge in [-0.3, -0.25) is 9.59 Å². The number of hydrogen-bond acceptors (Lipinski definition) is 3. The number of carbonyl (C=O) groups is 3. The third kappa shape index (κ3) is 3.91. The van der Waals surface area contributed by atoms with Gasteiger partial charge in [-0.05, 0) is 31.2 Å². The fourth-order valence-electron chi connectivity index (χ4n) is 5.15. The third-order valence-electron chi connectivity index (χ3n) is 6.59. The number of carbonyl (C=O) groups excluding carboxylic acids is 2. The van der Waals surface area contributed by atoms with Gasteiger partial charge >= 0.3 is 5.97 Å². The molecule has 0 bridgehead atoms. The number of aliphatic carboxylic acids is 1. The lowest BCUT2D eigenvalue weighted by Crippen LogP contribution is -2.63. The van der Waals surface area contributed by atoms with Crippen LogP contribution in [-0.2, 0) is 20.8 Å². The number of nitrogens with zero attached hydrogens (tertiary/aromatic N) is 1. The van der Waals surface area contributed by atoms with Gasteiger partial charge in [0.25, 0.3) is 5.91 Å². The molecule has 1 aromatic carbocycles. The van der Waals surface area contributed by atoms with Crippen molar-refractivity contribution in [3.63, 3.8) is 0 Å². The van der Waals surface area contributed by atoms with E-state index in [1.807, 2.05) is 42.5 Å². The van der Waals surface area contributed by atoms with Gasteiger partial charge in [-0.25, -0.2) is 4.79 Å². The number of carboxylic acids is 1. The minimum atomic E-state index is -1.12. The second-order valence-electron chi connectivity index (χ2n) is 8.38.